The summed E-state index contributed by atoms with van der Waals surface area (Å²) in [4.78, 5) is 23.8. The second kappa shape index (κ2) is 6.88. The van der Waals surface area contributed by atoms with Gasteiger partial charge in [0.1, 0.15) is 5.52 Å². The third-order valence-electron chi connectivity index (χ3n) is 5.95. The molecule has 146 valence electrons. The van der Waals surface area contributed by atoms with Crippen molar-refractivity contribution in [3.63, 3.8) is 0 Å². The molecule has 3 aromatic heterocycles. The van der Waals surface area contributed by atoms with Crippen molar-refractivity contribution in [2.45, 2.75) is 33.1 Å². The highest BCUT2D eigenvalue weighted by molar-refractivity contribution is 7.13. The van der Waals surface area contributed by atoms with Gasteiger partial charge in [-0.05, 0) is 44.2 Å². The number of carbonyl (C=O) groups excluding carboxylic acids is 1. The van der Waals surface area contributed by atoms with E-state index >= 15 is 0 Å². The van der Waals surface area contributed by atoms with Gasteiger partial charge in [-0.2, -0.15) is 5.10 Å². The predicted molar refractivity (Wildman–Crippen MR) is 111 cm³/mol. The third kappa shape index (κ3) is 2.98. The van der Waals surface area contributed by atoms with Crippen molar-refractivity contribution in [2.24, 2.45) is 5.92 Å². The highest BCUT2D eigenvalue weighted by Crippen LogP contribution is 2.32. The molecule has 1 fully saturated rings. The summed E-state index contributed by atoms with van der Waals surface area (Å²) in [6.07, 6.45) is 7.15. The molecule has 1 aliphatic carbocycles. The molecule has 0 spiro atoms. The molecule has 0 aromatic carbocycles. The first-order valence-corrected chi connectivity index (χ1v) is 10.9. The van der Waals surface area contributed by atoms with Crippen molar-refractivity contribution in [1.29, 1.82) is 0 Å². The van der Waals surface area contributed by atoms with Gasteiger partial charge in [0.2, 0.25) is 0 Å². The first kappa shape index (κ1) is 17.7. The van der Waals surface area contributed by atoms with E-state index in [9.17, 15) is 4.79 Å². The zero-order valence-corrected chi connectivity index (χ0v) is 17.2. The molecule has 7 heteroatoms. The fourth-order valence-corrected chi connectivity index (χ4v) is 5.23. The van der Waals surface area contributed by atoms with Crippen LogP contribution < -0.4 is 4.90 Å². The number of anilines is 1. The summed E-state index contributed by atoms with van der Waals surface area (Å²) < 4.78 is 2.01. The molecular formula is C21H25N5OS. The van der Waals surface area contributed by atoms with Crippen LogP contribution in [0.25, 0.3) is 5.52 Å². The van der Waals surface area contributed by atoms with Crippen LogP contribution in [0.2, 0.25) is 0 Å². The van der Waals surface area contributed by atoms with Gasteiger partial charge in [0.25, 0.3) is 5.91 Å². The van der Waals surface area contributed by atoms with Crippen LogP contribution in [-0.2, 0) is 12.8 Å². The van der Waals surface area contributed by atoms with E-state index in [-0.39, 0.29) is 5.91 Å². The van der Waals surface area contributed by atoms with Gasteiger partial charge in [0, 0.05) is 49.0 Å². The lowest BCUT2D eigenvalue weighted by Gasteiger charge is -2.35. The second-order valence-electron chi connectivity index (χ2n) is 8.01. The number of aryl methyl sites for hydroxylation is 2. The average Bonchev–Trinajstić information content (AvgIpc) is 3.30. The maximum Gasteiger partial charge on any atom is 0.264 e. The minimum absolute atomic E-state index is 0.152. The van der Waals surface area contributed by atoms with E-state index in [1.54, 1.807) is 11.3 Å². The summed E-state index contributed by atoms with van der Waals surface area (Å²) in [7, 11) is 0. The lowest BCUT2D eigenvalue weighted by atomic mass is 9.88. The van der Waals surface area contributed by atoms with E-state index in [2.05, 4.69) is 11.8 Å². The van der Waals surface area contributed by atoms with E-state index in [1.165, 1.54) is 22.6 Å². The van der Waals surface area contributed by atoms with E-state index in [4.69, 9.17) is 10.1 Å². The number of aromatic nitrogens is 3. The van der Waals surface area contributed by atoms with Crippen LogP contribution >= 0.6 is 11.3 Å². The Hall–Kier alpha value is -2.41. The molecule has 1 aliphatic heterocycles. The Morgan fingerprint density at radius 1 is 1.21 bits per heavy atom. The molecule has 28 heavy (non-hydrogen) atoms. The SMILES string of the molecule is Cc1ccc(C(=O)N2CCN(c3nccn4nc5c(c34)C[C@H](C)CC5)CC2)s1. The van der Waals surface area contributed by atoms with Crippen LogP contribution in [0.5, 0.6) is 0 Å². The lowest BCUT2D eigenvalue weighted by Crippen LogP contribution is -2.49. The summed E-state index contributed by atoms with van der Waals surface area (Å²) in [5.74, 6) is 1.86. The number of carbonyl (C=O) groups is 1. The molecule has 0 radical (unpaired) electrons. The molecule has 2 aliphatic rings. The second-order valence-corrected chi connectivity index (χ2v) is 9.29. The fourth-order valence-electron chi connectivity index (χ4n) is 4.40. The van der Waals surface area contributed by atoms with Crippen molar-refractivity contribution in [3.05, 3.63) is 45.5 Å². The van der Waals surface area contributed by atoms with Crippen LogP contribution in [0.3, 0.4) is 0 Å². The van der Waals surface area contributed by atoms with Crippen LogP contribution in [0.15, 0.2) is 24.5 Å². The van der Waals surface area contributed by atoms with Gasteiger partial charge in [-0.15, -0.1) is 11.3 Å². The van der Waals surface area contributed by atoms with Crippen molar-refractivity contribution in [2.75, 3.05) is 31.1 Å². The third-order valence-corrected chi connectivity index (χ3v) is 6.94. The Morgan fingerprint density at radius 2 is 2.04 bits per heavy atom. The van der Waals surface area contributed by atoms with Crippen LogP contribution in [0.4, 0.5) is 5.82 Å². The van der Waals surface area contributed by atoms with Gasteiger partial charge in [-0.1, -0.05) is 6.92 Å². The number of thiophene rings is 1. The minimum Gasteiger partial charge on any atom is -0.351 e. The molecule has 1 atom stereocenters. The van der Waals surface area contributed by atoms with Gasteiger partial charge in [0.05, 0.1) is 10.6 Å². The summed E-state index contributed by atoms with van der Waals surface area (Å²) in [5.41, 5.74) is 3.77. The zero-order valence-electron chi connectivity index (χ0n) is 16.4. The summed E-state index contributed by atoms with van der Waals surface area (Å²) in [5, 5.41) is 4.82. The van der Waals surface area contributed by atoms with Gasteiger partial charge in [-0.3, -0.25) is 4.79 Å². The number of rotatable bonds is 2. The number of amides is 1. The number of fused-ring (bicyclic) bond motifs is 3. The Bertz CT molecular complexity index is 1030. The zero-order chi connectivity index (χ0) is 19.3. The van der Waals surface area contributed by atoms with Crippen LogP contribution in [0.1, 0.15) is 39.2 Å². The largest absolute Gasteiger partial charge is 0.351 e. The molecule has 0 saturated carbocycles. The highest BCUT2D eigenvalue weighted by Gasteiger charge is 2.28. The monoisotopic (exact) mass is 395 g/mol. The normalized spacial score (nSPS) is 19.9. The number of piperazine rings is 1. The number of nitrogens with zero attached hydrogens (tertiary/aromatic N) is 5. The van der Waals surface area contributed by atoms with E-state index < -0.39 is 0 Å². The predicted octanol–water partition coefficient (Wildman–Crippen LogP) is 3.19. The van der Waals surface area contributed by atoms with E-state index in [0.717, 1.165) is 55.2 Å². The highest BCUT2D eigenvalue weighted by atomic mass is 32.1. The Kier molecular flexibility index (Phi) is 4.34. The van der Waals surface area contributed by atoms with Gasteiger partial charge in [0.15, 0.2) is 5.82 Å². The fraction of sp³-hybridized carbons (Fsp3) is 0.476. The molecule has 1 amide bonds. The van der Waals surface area contributed by atoms with Gasteiger partial charge < -0.3 is 9.80 Å². The van der Waals surface area contributed by atoms with Crippen LogP contribution in [0, 0.1) is 12.8 Å². The maximum atomic E-state index is 12.7. The summed E-state index contributed by atoms with van der Waals surface area (Å²) >= 11 is 1.58. The van der Waals surface area contributed by atoms with Gasteiger partial charge >= 0.3 is 0 Å². The Labute approximate surface area is 168 Å². The molecule has 6 nitrogen and oxygen atoms in total. The number of hydrogen-bond acceptors (Lipinski definition) is 5. The molecule has 0 N–H and O–H groups in total. The molecule has 3 aromatic rings. The average molecular weight is 396 g/mol. The molecule has 0 bridgehead atoms. The maximum absolute atomic E-state index is 12.7. The van der Waals surface area contributed by atoms with Crippen molar-refractivity contribution < 1.29 is 4.79 Å². The first-order valence-electron chi connectivity index (χ1n) is 10.1. The van der Waals surface area contributed by atoms with Crippen LogP contribution in [-0.4, -0.2) is 51.6 Å². The van der Waals surface area contributed by atoms with Gasteiger partial charge in [-0.25, -0.2) is 9.50 Å². The van der Waals surface area contributed by atoms with Crippen molar-refractivity contribution in [1.82, 2.24) is 19.5 Å². The smallest absolute Gasteiger partial charge is 0.264 e. The first-order chi connectivity index (χ1) is 13.6. The molecule has 0 unspecified atom stereocenters. The molecule has 1 saturated heterocycles. The standard InChI is InChI=1S/C21H25N5OS/c1-14-3-5-17-16(13-14)19-20(22-7-8-26(19)23-17)24-9-11-25(12-10-24)21(27)18-6-4-15(2)28-18/h4,6-8,14H,3,5,9-13H2,1-2H3/t14-/m1/s1. The Morgan fingerprint density at radius 3 is 2.79 bits per heavy atom. The quantitative estimate of drug-likeness (QED) is 0.669. The Balaban J connectivity index is 1.39. The van der Waals surface area contributed by atoms with Crippen molar-refractivity contribution >= 4 is 28.6 Å². The van der Waals surface area contributed by atoms with E-state index in [1.807, 2.05) is 40.9 Å². The molecular weight excluding hydrogens is 370 g/mol. The summed E-state index contributed by atoms with van der Waals surface area (Å²) in [6.45, 7) is 7.42. The number of hydrogen-bond donors (Lipinski definition) is 0. The van der Waals surface area contributed by atoms with Crippen molar-refractivity contribution in [3.8, 4) is 0 Å². The van der Waals surface area contributed by atoms with E-state index in [0.29, 0.717) is 5.92 Å². The lowest BCUT2D eigenvalue weighted by molar-refractivity contribution is 0.0751. The molecule has 4 heterocycles. The summed E-state index contributed by atoms with van der Waals surface area (Å²) in [6, 6.07) is 3.96. The topological polar surface area (TPSA) is 53.7 Å². The molecule has 5 rings (SSSR count). The minimum atomic E-state index is 0.152.